The number of ether oxygens (including phenoxy) is 1. The topological polar surface area (TPSA) is 88.9 Å². The zero-order valence-electron chi connectivity index (χ0n) is 18.3. The highest BCUT2D eigenvalue weighted by Crippen LogP contribution is 2.56. The molecule has 35 heavy (non-hydrogen) atoms. The largest absolute Gasteiger partial charge is 0.410 e. The number of alkyl halides is 3. The Morgan fingerprint density at radius 3 is 2.66 bits per heavy atom. The van der Waals surface area contributed by atoms with E-state index in [1.54, 1.807) is 18.2 Å². The molecule has 186 valence electrons. The van der Waals surface area contributed by atoms with Gasteiger partial charge in [-0.3, -0.25) is 4.79 Å². The molecule has 3 aliphatic heterocycles. The Labute approximate surface area is 208 Å². The molecule has 7 nitrogen and oxygen atoms in total. The molecule has 1 atom stereocenters. The normalized spacial score (nSPS) is 23.2. The van der Waals surface area contributed by atoms with Crippen LogP contribution in [0, 0.1) is 0 Å². The maximum absolute atomic E-state index is 14.2. The van der Waals surface area contributed by atoms with Crippen molar-refractivity contribution in [1.82, 2.24) is 9.88 Å². The Balaban J connectivity index is 1.36. The number of benzene rings is 1. The lowest BCUT2D eigenvalue weighted by Crippen LogP contribution is -2.62. The number of nitrogens with zero attached hydrogens (tertiary/aromatic N) is 3. The lowest BCUT2D eigenvalue weighted by molar-refractivity contribution is -0.166. The third kappa shape index (κ3) is 4.24. The molecule has 0 bridgehead atoms. The van der Waals surface area contributed by atoms with Crippen LogP contribution in [0.25, 0.3) is 0 Å². The van der Waals surface area contributed by atoms with E-state index in [2.05, 4.69) is 9.38 Å². The summed E-state index contributed by atoms with van der Waals surface area (Å²) in [6.45, 7) is 0.683. The van der Waals surface area contributed by atoms with Gasteiger partial charge in [-0.15, -0.1) is 0 Å². The van der Waals surface area contributed by atoms with Gasteiger partial charge in [-0.1, -0.05) is 29.8 Å². The Hall–Kier alpha value is -2.15. The van der Waals surface area contributed by atoms with Gasteiger partial charge < -0.3 is 9.64 Å². The number of fused-ring (bicyclic) bond motifs is 2. The van der Waals surface area contributed by atoms with Gasteiger partial charge in [0, 0.05) is 12.7 Å². The van der Waals surface area contributed by atoms with Gasteiger partial charge in [0.15, 0.2) is 14.6 Å². The number of rotatable bonds is 4. The second-order valence-corrected chi connectivity index (χ2v) is 12.5. The van der Waals surface area contributed by atoms with Crippen molar-refractivity contribution in [1.29, 1.82) is 0 Å². The number of likely N-dealkylation sites (tertiary alicyclic amines) is 1. The average molecular weight is 546 g/mol. The summed E-state index contributed by atoms with van der Waals surface area (Å²) in [5, 5.41) is -0.0234. The summed E-state index contributed by atoms with van der Waals surface area (Å²) >= 11 is 6.30. The highest BCUT2D eigenvalue weighted by molar-refractivity contribution is 7.99. The van der Waals surface area contributed by atoms with E-state index in [1.807, 2.05) is 0 Å². The molecular formula is C22H19ClF3N3O4S2. The number of carbonyl (C=O) groups excluding carboxylic acids is 1. The Kier molecular flexibility index (Phi) is 5.74. The zero-order valence-corrected chi connectivity index (χ0v) is 20.7. The van der Waals surface area contributed by atoms with Crippen LogP contribution in [-0.2, 0) is 36.3 Å². The van der Waals surface area contributed by atoms with Crippen LogP contribution >= 0.6 is 23.5 Å². The smallest absolute Gasteiger partial charge is 0.362 e. The van der Waals surface area contributed by atoms with Crippen LogP contribution in [-0.4, -0.2) is 61.2 Å². The van der Waals surface area contributed by atoms with E-state index < -0.39 is 44.4 Å². The third-order valence-corrected chi connectivity index (χ3v) is 8.57. The van der Waals surface area contributed by atoms with Crippen LogP contribution in [0.4, 0.5) is 13.2 Å². The number of sulfone groups is 1. The van der Waals surface area contributed by atoms with Crippen LogP contribution < -0.4 is 0 Å². The van der Waals surface area contributed by atoms with Gasteiger partial charge in [-0.05, 0) is 46.8 Å². The van der Waals surface area contributed by atoms with Crippen molar-refractivity contribution in [2.24, 2.45) is 4.40 Å². The first-order valence-electron chi connectivity index (χ1n) is 10.5. The first-order chi connectivity index (χ1) is 16.3. The first-order valence-corrected chi connectivity index (χ1v) is 13.7. The summed E-state index contributed by atoms with van der Waals surface area (Å²) in [5.74, 6) is -1.04. The van der Waals surface area contributed by atoms with Crippen molar-refractivity contribution >= 4 is 45.0 Å². The third-order valence-electron chi connectivity index (χ3n) is 6.38. The van der Waals surface area contributed by atoms with Gasteiger partial charge >= 0.3 is 6.18 Å². The molecule has 13 heteroatoms. The fourth-order valence-electron chi connectivity index (χ4n) is 4.61. The summed E-state index contributed by atoms with van der Waals surface area (Å²) in [6.07, 6.45) is -4.01. The summed E-state index contributed by atoms with van der Waals surface area (Å²) < 4.78 is 73.3. The fraction of sp³-hybridized carbons (Fsp3) is 0.409. The minimum atomic E-state index is -4.61. The van der Waals surface area contributed by atoms with E-state index in [4.69, 9.17) is 16.3 Å². The summed E-state index contributed by atoms with van der Waals surface area (Å²) in [7, 11) is -3.44. The van der Waals surface area contributed by atoms with E-state index >= 15 is 0 Å². The molecule has 0 N–H and O–H groups in total. The predicted molar refractivity (Wildman–Crippen MR) is 125 cm³/mol. The van der Waals surface area contributed by atoms with Crippen LogP contribution in [0.2, 0.25) is 5.15 Å². The molecule has 2 aromatic rings. The Morgan fingerprint density at radius 1 is 1.26 bits per heavy atom. The van der Waals surface area contributed by atoms with Crippen molar-refractivity contribution in [3.8, 4) is 0 Å². The molecule has 0 aliphatic carbocycles. The molecular weight excluding hydrogens is 527 g/mol. The maximum atomic E-state index is 14.2. The van der Waals surface area contributed by atoms with Gasteiger partial charge in [-0.2, -0.15) is 13.2 Å². The number of halogens is 4. The molecule has 1 amide bonds. The average Bonchev–Trinajstić information content (AvgIpc) is 3.34. The van der Waals surface area contributed by atoms with Crippen molar-refractivity contribution in [3.63, 3.8) is 0 Å². The standard InChI is InChI=1S/C22H19ClF3N3O4S2/c1-35(31,32)10-19(30)29-11-20(12-29)15-6-5-13(7-14(15)9-33-20)16-8-21(34-28-16,22(24,25)26)17-3-2-4-18(23)27-17/h2-7H,8-12H2,1H3. The van der Waals surface area contributed by atoms with Crippen molar-refractivity contribution < 1.29 is 31.1 Å². The zero-order chi connectivity index (χ0) is 25.2. The van der Waals surface area contributed by atoms with Crippen LogP contribution in [0.1, 0.15) is 28.8 Å². The number of hydrogen-bond acceptors (Lipinski definition) is 7. The summed E-state index contributed by atoms with van der Waals surface area (Å²) in [5.41, 5.74) is 1.56. The fourth-order valence-corrected chi connectivity index (χ4v) is 6.35. The lowest BCUT2D eigenvalue weighted by Gasteiger charge is -2.47. The molecule has 3 aliphatic rings. The number of amides is 1. The summed E-state index contributed by atoms with van der Waals surface area (Å²) in [6, 6.07) is 9.41. The minimum absolute atomic E-state index is 0.0234. The molecule has 0 radical (unpaired) electrons. The monoisotopic (exact) mass is 545 g/mol. The molecule has 1 fully saturated rings. The SMILES string of the molecule is CS(=O)(=O)CC(=O)N1CC2(C1)OCc1cc(C3=NSC(c4cccc(Cl)n4)(C(F)(F)F)C3)ccc12. The van der Waals surface area contributed by atoms with Gasteiger partial charge in [0.05, 0.1) is 31.1 Å². The van der Waals surface area contributed by atoms with Gasteiger partial charge in [-0.25, -0.2) is 17.8 Å². The summed E-state index contributed by atoms with van der Waals surface area (Å²) in [4.78, 5) is 17.5. The van der Waals surface area contributed by atoms with Crippen LogP contribution in [0.15, 0.2) is 40.8 Å². The molecule has 1 saturated heterocycles. The molecule has 4 heterocycles. The molecule has 0 saturated carbocycles. The van der Waals surface area contributed by atoms with E-state index in [9.17, 15) is 26.4 Å². The molecule has 1 aromatic heterocycles. The van der Waals surface area contributed by atoms with Crippen molar-refractivity contribution in [2.75, 3.05) is 25.1 Å². The molecule has 5 rings (SSSR count). The highest BCUT2D eigenvalue weighted by Gasteiger charge is 2.61. The number of aromatic nitrogens is 1. The molecule has 1 unspecified atom stereocenters. The van der Waals surface area contributed by atoms with E-state index in [-0.39, 0.29) is 36.3 Å². The number of hydrogen-bond donors (Lipinski definition) is 0. The Bertz CT molecular complexity index is 1360. The Morgan fingerprint density at radius 2 is 2.00 bits per heavy atom. The number of carbonyl (C=O) groups is 1. The van der Waals surface area contributed by atoms with E-state index in [0.29, 0.717) is 17.5 Å². The lowest BCUT2D eigenvalue weighted by atomic mass is 9.84. The quantitative estimate of drug-likeness (QED) is 0.430. The predicted octanol–water partition coefficient (Wildman–Crippen LogP) is 3.65. The van der Waals surface area contributed by atoms with Crippen molar-refractivity contribution in [2.45, 2.75) is 29.6 Å². The minimum Gasteiger partial charge on any atom is -0.362 e. The first kappa shape index (κ1) is 24.5. The van der Waals surface area contributed by atoms with Gasteiger partial charge in [0.2, 0.25) is 5.91 Å². The van der Waals surface area contributed by atoms with Gasteiger partial charge in [0.25, 0.3) is 0 Å². The number of pyridine rings is 1. The van der Waals surface area contributed by atoms with E-state index in [1.165, 1.54) is 23.1 Å². The highest BCUT2D eigenvalue weighted by atomic mass is 35.5. The van der Waals surface area contributed by atoms with E-state index in [0.717, 1.165) is 17.4 Å². The molecule has 1 aromatic carbocycles. The second-order valence-electron chi connectivity index (χ2n) is 8.95. The maximum Gasteiger partial charge on any atom is 0.410 e. The molecule has 1 spiro atoms. The van der Waals surface area contributed by atoms with Gasteiger partial charge in [0.1, 0.15) is 16.5 Å². The van der Waals surface area contributed by atoms with Crippen molar-refractivity contribution in [3.05, 3.63) is 63.9 Å². The van der Waals surface area contributed by atoms with Crippen LogP contribution in [0.5, 0.6) is 0 Å². The van der Waals surface area contributed by atoms with Crippen LogP contribution in [0.3, 0.4) is 0 Å². The second kappa shape index (κ2) is 8.19.